The zero-order valence-electron chi connectivity index (χ0n) is 17.7. The number of nitrogens with one attached hydrogen (secondary N) is 2. The van der Waals surface area contributed by atoms with E-state index in [-0.39, 0.29) is 22.9 Å². The van der Waals surface area contributed by atoms with E-state index in [9.17, 15) is 5.11 Å². The maximum atomic E-state index is 10.5. The minimum absolute atomic E-state index is 0.0324. The van der Waals surface area contributed by atoms with Gasteiger partial charge in [-0.1, -0.05) is 6.07 Å². The molecule has 8 nitrogen and oxygen atoms in total. The van der Waals surface area contributed by atoms with Crippen molar-refractivity contribution in [3.63, 3.8) is 0 Å². The summed E-state index contributed by atoms with van der Waals surface area (Å²) in [5.74, 6) is 0.610. The summed E-state index contributed by atoms with van der Waals surface area (Å²) in [4.78, 5) is 4.43. The molecule has 1 aromatic carbocycles. The minimum atomic E-state index is 0.0324. The molecule has 3 aromatic rings. The van der Waals surface area contributed by atoms with Gasteiger partial charge in [-0.2, -0.15) is 10.2 Å². The smallest absolute Gasteiger partial charge is 0.242 e. The molecule has 0 atom stereocenters. The molecule has 0 amide bonds. The van der Waals surface area contributed by atoms with E-state index in [1.165, 1.54) is 0 Å². The molecule has 0 saturated carbocycles. The molecule has 4 rings (SSSR count). The first-order valence-electron chi connectivity index (χ1n) is 10.1. The summed E-state index contributed by atoms with van der Waals surface area (Å²) in [6, 6.07) is 7.48. The summed E-state index contributed by atoms with van der Waals surface area (Å²) < 4.78 is 0. The minimum Gasteiger partial charge on any atom is -0.507 e. The first-order chi connectivity index (χ1) is 14.2. The number of rotatable bonds is 4. The Morgan fingerprint density at radius 1 is 0.967 bits per heavy atom. The molecule has 1 saturated heterocycles. The van der Waals surface area contributed by atoms with E-state index < -0.39 is 0 Å². The summed E-state index contributed by atoms with van der Waals surface area (Å²) in [6.07, 6.45) is 6.84. The van der Waals surface area contributed by atoms with Gasteiger partial charge in [-0.15, -0.1) is 10.2 Å². The molecule has 0 bridgehead atoms. The van der Waals surface area contributed by atoms with E-state index in [1.54, 1.807) is 24.7 Å². The molecule has 0 aliphatic carbocycles. The second-order valence-corrected chi connectivity index (χ2v) is 9.17. The SMILES string of the molecule is CC1(C)CC(Nc2ncc(-c3ccc(-c4ccnnc4)cc3O)nn2)CC(C)(C)N1. The van der Waals surface area contributed by atoms with Gasteiger partial charge in [0.1, 0.15) is 11.4 Å². The van der Waals surface area contributed by atoms with Crippen molar-refractivity contribution >= 4 is 5.95 Å². The van der Waals surface area contributed by atoms with E-state index >= 15 is 0 Å². The lowest BCUT2D eigenvalue weighted by atomic mass is 9.80. The Morgan fingerprint density at radius 2 is 1.73 bits per heavy atom. The molecule has 30 heavy (non-hydrogen) atoms. The molecule has 1 fully saturated rings. The number of aromatic nitrogens is 5. The maximum absolute atomic E-state index is 10.5. The van der Waals surface area contributed by atoms with Crippen LogP contribution >= 0.6 is 0 Å². The number of nitrogens with zero attached hydrogens (tertiary/aromatic N) is 5. The van der Waals surface area contributed by atoms with Crippen LogP contribution in [-0.2, 0) is 0 Å². The summed E-state index contributed by atoms with van der Waals surface area (Å²) in [5.41, 5.74) is 2.89. The lowest BCUT2D eigenvalue weighted by molar-refractivity contribution is 0.170. The Balaban J connectivity index is 1.50. The van der Waals surface area contributed by atoms with Gasteiger partial charge in [0.2, 0.25) is 5.95 Å². The molecule has 156 valence electrons. The average Bonchev–Trinajstić information content (AvgIpc) is 2.67. The van der Waals surface area contributed by atoms with Gasteiger partial charge in [0.15, 0.2) is 0 Å². The molecule has 2 aromatic heterocycles. The third-order valence-electron chi connectivity index (χ3n) is 5.28. The Labute approximate surface area is 176 Å². The number of phenols is 1. The van der Waals surface area contributed by atoms with Crippen molar-refractivity contribution in [2.75, 3.05) is 5.32 Å². The van der Waals surface area contributed by atoms with Crippen LogP contribution in [0.1, 0.15) is 40.5 Å². The molecule has 3 heterocycles. The highest BCUT2D eigenvalue weighted by Gasteiger charge is 2.37. The van der Waals surface area contributed by atoms with Crippen LogP contribution in [0.25, 0.3) is 22.4 Å². The molecule has 1 aliphatic rings. The van der Waals surface area contributed by atoms with E-state index in [0.29, 0.717) is 17.2 Å². The number of hydrogen-bond acceptors (Lipinski definition) is 8. The summed E-state index contributed by atoms with van der Waals surface area (Å²) in [5, 5.41) is 33.8. The molecule has 0 radical (unpaired) electrons. The average molecular weight is 406 g/mol. The fraction of sp³-hybridized carbons (Fsp3) is 0.409. The Bertz CT molecular complexity index is 1000. The van der Waals surface area contributed by atoms with Gasteiger partial charge in [0, 0.05) is 28.2 Å². The van der Waals surface area contributed by atoms with Crippen molar-refractivity contribution in [2.45, 2.75) is 57.7 Å². The van der Waals surface area contributed by atoms with Crippen molar-refractivity contribution in [3.05, 3.63) is 42.9 Å². The van der Waals surface area contributed by atoms with Crippen LogP contribution in [0.4, 0.5) is 5.95 Å². The number of piperidine rings is 1. The highest BCUT2D eigenvalue weighted by molar-refractivity contribution is 5.73. The van der Waals surface area contributed by atoms with E-state index in [1.807, 2.05) is 18.2 Å². The zero-order valence-corrected chi connectivity index (χ0v) is 17.7. The van der Waals surface area contributed by atoms with Crippen molar-refractivity contribution < 1.29 is 5.11 Å². The van der Waals surface area contributed by atoms with Crippen LogP contribution in [-0.4, -0.2) is 47.6 Å². The highest BCUT2D eigenvalue weighted by atomic mass is 16.3. The van der Waals surface area contributed by atoms with E-state index in [4.69, 9.17) is 0 Å². The van der Waals surface area contributed by atoms with Gasteiger partial charge >= 0.3 is 0 Å². The Morgan fingerprint density at radius 3 is 2.33 bits per heavy atom. The lowest BCUT2D eigenvalue weighted by Gasteiger charge is -2.46. The van der Waals surface area contributed by atoms with Crippen LogP contribution in [0, 0.1) is 0 Å². The topological polar surface area (TPSA) is 109 Å². The quantitative estimate of drug-likeness (QED) is 0.606. The summed E-state index contributed by atoms with van der Waals surface area (Å²) in [6.45, 7) is 8.83. The van der Waals surface area contributed by atoms with Crippen LogP contribution < -0.4 is 10.6 Å². The van der Waals surface area contributed by atoms with Gasteiger partial charge < -0.3 is 15.7 Å². The molecule has 0 unspecified atom stereocenters. The van der Waals surface area contributed by atoms with Crippen LogP contribution in [0.3, 0.4) is 0 Å². The number of aromatic hydroxyl groups is 1. The summed E-state index contributed by atoms with van der Waals surface area (Å²) in [7, 11) is 0. The molecular weight excluding hydrogens is 378 g/mol. The van der Waals surface area contributed by atoms with E-state index in [2.05, 4.69) is 63.7 Å². The van der Waals surface area contributed by atoms with Gasteiger partial charge in [0.05, 0.1) is 18.6 Å². The van der Waals surface area contributed by atoms with Gasteiger partial charge in [-0.3, -0.25) is 0 Å². The third-order valence-corrected chi connectivity index (χ3v) is 5.28. The molecular formula is C22H27N7O. The molecule has 8 heteroatoms. The first kappa shape index (κ1) is 20.2. The Hall–Kier alpha value is -3.13. The standard InChI is InChI=1S/C22H27N7O/c1-21(2)10-16(11-22(3,4)29-21)26-20-23-13-18(27-28-20)17-6-5-14(9-19(17)30)15-7-8-24-25-12-15/h5-9,12-13,16,29-30H,10-11H2,1-4H3,(H,23,26,28). The van der Waals surface area contributed by atoms with Crippen molar-refractivity contribution in [1.29, 1.82) is 0 Å². The summed E-state index contributed by atoms with van der Waals surface area (Å²) >= 11 is 0. The molecule has 3 N–H and O–H groups in total. The largest absolute Gasteiger partial charge is 0.507 e. The fourth-order valence-corrected chi connectivity index (χ4v) is 4.46. The highest BCUT2D eigenvalue weighted by Crippen LogP contribution is 2.32. The first-order valence-corrected chi connectivity index (χ1v) is 10.1. The lowest BCUT2D eigenvalue weighted by Crippen LogP contribution is -2.60. The Kier molecular flexibility index (Phi) is 5.11. The number of phenolic OH excluding ortho intramolecular Hbond substituents is 1. The monoisotopic (exact) mass is 405 g/mol. The molecule has 0 spiro atoms. The van der Waals surface area contributed by atoms with Gasteiger partial charge in [-0.25, -0.2) is 4.98 Å². The van der Waals surface area contributed by atoms with Gasteiger partial charge in [-0.05, 0) is 64.3 Å². The normalized spacial score (nSPS) is 18.1. The third kappa shape index (κ3) is 4.54. The number of hydrogen-bond donors (Lipinski definition) is 3. The van der Waals surface area contributed by atoms with Gasteiger partial charge in [0.25, 0.3) is 0 Å². The van der Waals surface area contributed by atoms with E-state index in [0.717, 1.165) is 24.0 Å². The molecule has 1 aliphatic heterocycles. The number of benzene rings is 1. The van der Waals surface area contributed by atoms with Crippen molar-refractivity contribution in [3.8, 4) is 28.1 Å². The number of anilines is 1. The fourth-order valence-electron chi connectivity index (χ4n) is 4.46. The predicted octanol–water partition coefficient (Wildman–Crippen LogP) is 3.42. The zero-order chi connectivity index (χ0) is 21.4. The van der Waals surface area contributed by atoms with Crippen LogP contribution in [0.2, 0.25) is 0 Å². The second-order valence-electron chi connectivity index (χ2n) is 9.17. The van der Waals surface area contributed by atoms with Crippen LogP contribution in [0.15, 0.2) is 42.9 Å². The predicted molar refractivity (Wildman–Crippen MR) is 116 cm³/mol. The van der Waals surface area contributed by atoms with Crippen LogP contribution in [0.5, 0.6) is 5.75 Å². The maximum Gasteiger partial charge on any atom is 0.242 e. The van der Waals surface area contributed by atoms with Crippen molar-refractivity contribution in [2.24, 2.45) is 0 Å². The van der Waals surface area contributed by atoms with Crippen molar-refractivity contribution in [1.82, 2.24) is 30.7 Å². The second kappa shape index (κ2) is 7.60.